The number of carbonyl (C=O) groups is 1. The van der Waals surface area contributed by atoms with Crippen LogP contribution in [-0.4, -0.2) is 46.6 Å². The van der Waals surface area contributed by atoms with Gasteiger partial charge in [0, 0.05) is 23.7 Å². The number of nitrogens with zero attached hydrogens (tertiary/aromatic N) is 2. The molecule has 1 fully saturated rings. The van der Waals surface area contributed by atoms with Crippen LogP contribution in [0, 0.1) is 0 Å². The largest absolute Gasteiger partial charge is 0.491 e. The van der Waals surface area contributed by atoms with E-state index >= 15 is 0 Å². The first-order chi connectivity index (χ1) is 15.5. The summed E-state index contributed by atoms with van der Waals surface area (Å²) in [6.45, 7) is 4.03. The number of fused-ring (bicyclic) bond motifs is 1. The molecule has 168 valence electrons. The van der Waals surface area contributed by atoms with E-state index in [1.807, 2.05) is 6.92 Å². The van der Waals surface area contributed by atoms with Crippen molar-refractivity contribution in [2.24, 2.45) is 0 Å². The van der Waals surface area contributed by atoms with Gasteiger partial charge in [0.05, 0.1) is 23.6 Å². The van der Waals surface area contributed by atoms with Crippen molar-refractivity contribution in [2.75, 3.05) is 19.8 Å². The van der Waals surface area contributed by atoms with Crippen LogP contribution in [0.15, 0.2) is 47.3 Å². The molecule has 0 aliphatic carbocycles. The highest BCUT2D eigenvalue weighted by atomic mass is 35.5. The first-order valence-electron chi connectivity index (χ1n) is 10.9. The van der Waals surface area contributed by atoms with Gasteiger partial charge in [-0.05, 0) is 61.7 Å². The molecule has 1 aliphatic rings. The summed E-state index contributed by atoms with van der Waals surface area (Å²) in [6.07, 6.45) is 3.00. The van der Waals surface area contributed by atoms with Crippen molar-refractivity contribution in [3.63, 3.8) is 0 Å². The Morgan fingerprint density at radius 1 is 1.28 bits per heavy atom. The number of halogens is 1. The topological polar surface area (TPSA) is 84.5 Å². The molecule has 1 aliphatic heterocycles. The smallest absolute Gasteiger partial charge is 0.258 e. The van der Waals surface area contributed by atoms with Crippen LogP contribution in [0.2, 0.25) is 5.02 Å². The molecule has 8 heteroatoms. The first-order valence-corrected chi connectivity index (χ1v) is 11.2. The maximum Gasteiger partial charge on any atom is 0.258 e. The highest BCUT2D eigenvalue weighted by Crippen LogP contribution is 2.19. The highest BCUT2D eigenvalue weighted by molar-refractivity contribution is 6.31. The molecule has 4 rings (SSSR count). The van der Waals surface area contributed by atoms with Gasteiger partial charge < -0.3 is 19.4 Å². The molecule has 32 heavy (non-hydrogen) atoms. The molecule has 1 saturated heterocycles. The maximum atomic E-state index is 13.1. The quantitative estimate of drug-likeness (QED) is 0.550. The normalized spacial score (nSPS) is 15.8. The van der Waals surface area contributed by atoms with E-state index in [0.717, 1.165) is 25.9 Å². The molecule has 1 amide bonds. The third-order valence-electron chi connectivity index (χ3n) is 5.40. The summed E-state index contributed by atoms with van der Waals surface area (Å²) in [7, 11) is 0. The van der Waals surface area contributed by atoms with Crippen LogP contribution < -0.4 is 10.3 Å². The Bertz CT molecular complexity index is 1140. The van der Waals surface area contributed by atoms with Gasteiger partial charge in [-0.1, -0.05) is 18.5 Å². The molecule has 1 N–H and O–H groups in total. The molecule has 2 heterocycles. The zero-order valence-corrected chi connectivity index (χ0v) is 18.7. The average molecular weight is 456 g/mol. The monoisotopic (exact) mass is 455 g/mol. The summed E-state index contributed by atoms with van der Waals surface area (Å²) in [5, 5.41) is 0.968. The number of rotatable bonds is 8. The summed E-state index contributed by atoms with van der Waals surface area (Å²) < 4.78 is 11.4. The molecular formula is C24H26ClN3O4. The SMILES string of the molecule is CCCN(Cc1nc2cc(Cl)ccc2c(=O)[nH]1)C(=O)c1ccc(OC[C@H]2CCCO2)cc1. The fraction of sp³-hybridized carbons (Fsp3) is 0.375. The van der Waals surface area contributed by atoms with Gasteiger partial charge in [0.25, 0.3) is 11.5 Å². The Hall–Kier alpha value is -2.90. The minimum absolute atomic E-state index is 0.133. The zero-order chi connectivity index (χ0) is 22.5. The van der Waals surface area contributed by atoms with Crippen molar-refractivity contribution in [2.45, 2.75) is 38.8 Å². The van der Waals surface area contributed by atoms with Gasteiger partial charge in [0.15, 0.2) is 0 Å². The van der Waals surface area contributed by atoms with Gasteiger partial charge in [-0.25, -0.2) is 4.98 Å². The van der Waals surface area contributed by atoms with Gasteiger partial charge in [0.2, 0.25) is 0 Å². The van der Waals surface area contributed by atoms with Gasteiger partial charge in [0.1, 0.15) is 18.2 Å². The highest BCUT2D eigenvalue weighted by Gasteiger charge is 2.19. The van der Waals surface area contributed by atoms with Crippen LogP contribution >= 0.6 is 11.6 Å². The lowest BCUT2D eigenvalue weighted by Gasteiger charge is -2.22. The molecule has 0 radical (unpaired) electrons. The van der Waals surface area contributed by atoms with Gasteiger partial charge in [-0.15, -0.1) is 0 Å². The second kappa shape index (κ2) is 10.1. The van der Waals surface area contributed by atoms with Crippen molar-refractivity contribution < 1.29 is 14.3 Å². The number of ether oxygens (including phenoxy) is 2. The number of H-pyrrole nitrogens is 1. The lowest BCUT2D eigenvalue weighted by atomic mass is 10.1. The molecule has 3 aromatic rings. The number of nitrogens with one attached hydrogen (secondary N) is 1. The van der Waals surface area contributed by atoms with Crippen molar-refractivity contribution in [3.8, 4) is 5.75 Å². The minimum atomic E-state index is -0.252. The van der Waals surface area contributed by atoms with E-state index in [-0.39, 0.29) is 24.1 Å². The van der Waals surface area contributed by atoms with Crippen LogP contribution in [0.5, 0.6) is 5.75 Å². The predicted octanol–water partition coefficient (Wildman–Crippen LogP) is 4.19. The molecule has 0 spiro atoms. The number of amides is 1. The van der Waals surface area contributed by atoms with Crippen molar-refractivity contribution in [3.05, 3.63) is 69.2 Å². The molecule has 0 saturated carbocycles. The van der Waals surface area contributed by atoms with E-state index < -0.39 is 0 Å². The van der Waals surface area contributed by atoms with Crippen LogP contribution in [0.1, 0.15) is 42.4 Å². The van der Waals surface area contributed by atoms with Crippen molar-refractivity contribution in [1.29, 1.82) is 0 Å². The van der Waals surface area contributed by atoms with E-state index in [1.165, 1.54) is 0 Å². The molecule has 2 aromatic carbocycles. The lowest BCUT2D eigenvalue weighted by molar-refractivity contribution is 0.0678. The van der Waals surface area contributed by atoms with Gasteiger partial charge in [-0.3, -0.25) is 9.59 Å². The minimum Gasteiger partial charge on any atom is -0.491 e. The van der Waals surface area contributed by atoms with E-state index in [4.69, 9.17) is 21.1 Å². The third kappa shape index (κ3) is 5.29. The Morgan fingerprint density at radius 2 is 2.09 bits per heavy atom. The summed E-state index contributed by atoms with van der Waals surface area (Å²) in [5.41, 5.74) is 0.806. The van der Waals surface area contributed by atoms with Gasteiger partial charge >= 0.3 is 0 Å². The molecular weight excluding hydrogens is 430 g/mol. The van der Waals surface area contributed by atoms with E-state index in [1.54, 1.807) is 47.4 Å². The van der Waals surface area contributed by atoms with Crippen LogP contribution in [-0.2, 0) is 11.3 Å². The number of benzene rings is 2. The number of hydrogen-bond donors (Lipinski definition) is 1. The van der Waals surface area contributed by atoms with E-state index in [0.29, 0.717) is 46.2 Å². The molecule has 0 unspecified atom stereocenters. The second-order valence-electron chi connectivity index (χ2n) is 7.87. The standard InChI is InChI=1S/C24H26ClN3O4/c1-2-11-28(14-22-26-21-13-17(25)7-10-20(21)23(29)27-22)24(30)16-5-8-18(9-6-16)32-15-19-4-3-12-31-19/h5-10,13,19H,2-4,11-12,14-15H2,1H3,(H,26,27,29)/t19-/m1/s1. The Balaban J connectivity index is 1.47. The second-order valence-corrected chi connectivity index (χ2v) is 8.31. The lowest BCUT2D eigenvalue weighted by Crippen LogP contribution is -2.32. The van der Waals surface area contributed by atoms with Crippen molar-refractivity contribution >= 4 is 28.4 Å². The maximum absolute atomic E-state index is 13.1. The number of hydrogen-bond acceptors (Lipinski definition) is 5. The number of aromatic nitrogens is 2. The summed E-state index contributed by atoms with van der Waals surface area (Å²) in [4.78, 5) is 34.5. The van der Waals surface area contributed by atoms with Crippen LogP contribution in [0.25, 0.3) is 10.9 Å². The Kier molecular flexibility index (Phi) is 7.07. The van der Waals surface area contributed by atoms with Crippen LogP contribution in [0.3, 0.4) is 0 Å². The molecule has 0 bridgehead atoms. The molecule has 1 aromatic heterocycles. The van der Waals surface area contributed by atoms with Gasteiger partial charge in [-0.2, -0.15) is 0 Å². The molecule has 1 atom stereocenters. The predicted molar refractivity (Wildman–Crippen MR) is 123 cm³/mol. The number of aromatic amines is 1. The fourth-order valence-corrected chi connectivity index (χ4v) is 3.95. The number of carbonyl (C=O) groups excluding carboxylic acids is 1. The summed E-state index contributed by atoms with van der Waals surface area (Å²) in [5.74, 6) is 0.992. The third-order valence-corrected chi connectivity index (χ3v) is 5.64. The molecule has 7 nitrogen and oxygen atoms in total. The zero-order valence-electron chi connectivity index (χ0n) is 18.0. The average Bonchev–Trinajstić information content (AvgIpc) is 3.31. The summed E-state index contributed by atoms with van der Waals surface area (Å²) >= 11 is 6.05. The Morgan fingerprint density at radius 3 is 2.81 bits per heavy atom. The summed E-state index contributed by atoms with van der Waals surface area (Å²) in [6, 6.07) is 12.1. The Labute approximate surface area is 191 Å². The van der Waals surface area contributed by atoms with E-state index in [9.17, 15) is 9.59 Å². The fourth-order valence-electron chi connectivity index (χ4n) is 3.78. The first kappa shape index (κ1) is 22.3. The van der Waals surface area contributed by atoms with Crippen molar-refractivity contribution in [1.82, 2.24) is 14.9 Å². The van der Waals surface area contributed by atoms with Crippen LogP contribution in [0.4, 0.5) is 0 Å². The van der Waals surface area contributed by atoms with E-state index in [2.05, 4.69) is 9.97 Å².